The third-order valence-corrected chi connectivity index (χ3v) is 9.94. The molecule has 10 radical (unpaired) electrons. The minimum absolute atomic E-state index is 0. The van der Waals surface area contributed by atoms with Crippen LogP contribution in [0.1, 0.15) is 0 Å². The maximum Gasteiger partial charge on any atom is 0 e. The van der Waals surface area contributed by atoms with Crippen LogP contribution in [0.25, 0.3) is 10.8 Å². The van der Waals surface area contributed by atoms with Gasteiger partial charge in [-0.25, -0.2) is 0 Å². The first-order chi connectivity index (χ1) is 12.9. The number of halogens is 2. The smallest absolute Gasteiger partial charge is 0 e. The predicted octanol–water partition coefficient (Wildman–Crippen LogP) is 5.39. The molecule has 2 fully saturated rings. The van der Waals surface area contributed by atoms with Crippen LogP contribution in [0.15, 0.2) is 41.4 Å². The normalized spacial score (nSPS) is 16.1. The number of rotatable bonds is 3. The van der Waals surface area contributed by atoms with Gasteiger partial charge in [0.2, 0.25) is 0 Å². The van der Waals surface area contributed by atoms with Gasteiger partial charge in [-0.05, 0) is 32.1 Å². The summed E-state index contributed by atoms with van der Waals surface area (Å²) in [6, 6.07) is 12.6. The SMILES string of the molecule is [CH]1[CH][CH][CH][CH]1.[Cl][Hg+].[Cl][Hg][c]1c(N=C[C]2[C-][CH][CH][CH]2)ccc2ccccc12.[Fe]. The molecule has 6 heteroatoms. The average Bonchev–Trinajstić information content (AvgIpc) is 3.44. The molecule has 27 heavy (non-hydrogen) atoms. The van der Waals surface area contributed by atoms with Crippen LogP contribution in [0.3, 0.4) is 0 Å². The van der Waals surface area contributed by atoms with Crippen LogP contribution in [0, 0.1) is 63.7 Å². The first-order valence-electron chi connectivity index (χ1n) is 8.06. The summed E-state index contributed by atoms with van der Waals surface area (Å²) in [4.78, 5) is 4.58. The van der Waals surface area contributed by atoms with Gasteiger partial charge >= 0.3 is 163 Å². The van der Waals surface area contributed by atoms with Gasteiger partial charge in [0.15, 0.2) is 0 Å². The Bertz CT molecular complexity index is 679. The van der Waals surface area contributed by atoms with Crippen molar-refractivity contribution in [3.63, 3.8) is 0 Å². The Balaban J connectivity index is 0.000000390. The summed E-state index contributed by atoms with van der Waals surface area (Å²) in [5, 5.41) is 2.51. The molecule has 0 N–H and O–H groups in total. The van der Waals surface area contributed by atoms with Gasteiger partial charge in [-0.2, -0.15) is 0 Å². The predicted molar refractivity (Wildman–Crippen MR) is 104 cm³/mol. The summed E-state index contributed by atoms with van der Waals surface area (Å²) in [5.41, 5.74) is 1.02. The Labute approximate surface area is 210 Å². The Morgan fingerprint density at radius 2 is 1.59 bits per heavy atom. The van der Waals surface area contributed by atoms with Gasteiger partial charge in [0.05, 0.1) is 0 Å². The topological polar surface area (TPSA) is 12.4 Å². The second-order valence-corrected chi connectivity index (χ2v) is 11.4. The second kappa shape index (κ2) is 16.1. The molecule has 0 aromatic heterocycles. The zero-order chi connectivity index (χ0) is 18.6. The monoisotopic (exact) mass is 811 g/mol. The zero-order valence-corrected chi connectivity index (χ0v) is 28.2. The molecule has 0 spiro atoms. The van der Waals surface area contributed by atoms with E-state index in [4.69, 9.17) is 16.5 Å². The Morgan fingerprint density at radius 1 is 0.926 bits per heavy atom. The molecule has 4 rings (SSSR count). The van der Waals surface area contributed by atoms with Gasteiger partial charge in [0.1, 0.15) is 0 Å². The molecule has 2 aliphatic carbocycles. The molecular formula is C21H15Cl2FeHg2N. The van der Waals surface area contributed by atoms with Gasteiger partial charge in [-0.1, -0.05) is 0 Å². The van der Waals surface area contributed by atoms with Gasteiger partial charge in [-0.3, -0.25) is 0 Å². The molecule has 2 aromatic rings. The molecular weight excluding hydrogens is 794 g/mol. The standard InChI is InChI=1S/C16H10N.C5H5.2ClH.Fe.2Hg/c1-2-6-13(5-1)12-17-16-10-9-14-7-3-4-8-15(14)11-16;1-2-4-5-3-1;;;;;/h1-5,7-10,12H;1-5H;2*1H;;;/q-1;;;;;+1;+2/p-2. The molecule has 2 aliphatic rings. The molecule has 0 bridgehead atoms. The van der Waals surface area contributed by atoms with E-state index in [-0.39, 0.29) is 17.1 Å². The van der Waals surface area contributed by atoms with Gasteiger partial charge in [0.25, 0.3) is 0 Å². The van der Waals surface area contributed by atoms with Gasteiger partial charge < -0.3 is 0 Å². The number of hydrogen-bond acceptors (Lipinski definition) is 1. The number of benzene rings is 2. The Hall–Kier alpha value is 1.34. The fourth-order valence-electron chi connectivity index (χ4n) is 2.47. The van der Waals surface area contributed by atoms with E-state index in [1.165, 1.54) is 13.8 Å². The summed E-state index contributed by atoms with van der Waals surface area (Å²) in [6.07, 6.45) is 20.8. The van der Waals surface area contributed by atoms with Crippen molar-refractivity contribution < 1.29 is 65.3 Å². The average molecular weight is 809 g/mol. The molecule has 2 saturated carbocycles. The molecule has 1 nitrogen and oxygen atoms in total. The van der Waals surface area contributed by atoms with Crippen molar-refractivity contribution in [2.24, 2.45) is 4.99 Å². The van der Waals surface area contributed by atoms with Crippen LogP contribution in [0.2, 0.25) is 0 Å². The fraction of sp³-hybridized carbons (Fsp3) is 0. The minimum atomic E-state index is -1.55. The van der Waals surface area contributed by atoms with E-state index in [0.717, 1.165) is 11.6 Å². The van der Waals surface area contributed by atoms with Crippen molar-refractivity contribution in [1.82, 2.24) is 0 Å². The van der Waals surface area contributed by atoms with Crippen LogP contribution in [0.5, 0.6) is 0 Å². The molecule has 0 saturated heterocycles. The molecule has 0 heterocycles. The van der Waals surface area contributed by atoms with Crippen molar-refractivity contribution in [1.29, 1.82) is 0 Å². The van der Waals surface area contributed by atoms with Crippen LogP contribution < -0.4 is 3.07 Å². The molecule has 0 unspecified atom stereocenters. The maximum atomic E-state index is 6.31. The molecule has 0 amide bonds. The van der Waals surface area contributed by atoms with Crippen LogP contribution in [-0.4, -0.2) is 6.21 Å². The minimum Gasteiger partial charge on any atom is 0 e. The summed E-state index contributed by atoms with van der Waals surface area (Å²) in [5.74, 6) is 1.00. The largest absolute Gasteiger partial charge is 0 e. The number of hydrogen-bond donors (Lipinski definition) is 0. The third kappa shape index (κ3) is 8.93. The fourth-order valence-corrected chi connectivity index (χ4v) is 8.09. The first-order valence-corrected chi connectivity index (χ1v) is 24.3. The van der Waals surface area contributed by atoms with E-state index in [1.54, 1.807) is 0 Å². The quantitative estimate of drug-likeness (QED) is 0.224. The number of fused-ring (bicyclic) bond motifs is 1. The van der Waals surface area contributed by atoms with E-state index >= 15 is 0 Å². The van der Waals surface area contributed by atoms with E-state index in [9.17, 15) is 0 Å². The van der Waals surface area contributed by atoms with E-state index < -0.39 is 23.3 Å². The van der Waals surface area contributed by atoms with Crippen molar-refractivity contribution in [3.8, 4) is 0 Å². The van der Waals surface area contributed by atoms with Crippen molar-refractivity contribution in [3.05, 3.63) is 100 Å². The van der Waals surface area contributed by atoms with E-state index in [1.807, 2.05) is 57.6 Å². The third-order valence-electron chi connectivity index (χ3n) is 3.67. The summed E-state index contributed by atoms with van der Waals surface area (Å²) in [7, 11) is 11.1. The number of nitrogens with zero attached hydrogens (tertiary/aromatic N) is 1. The first kappa shape index (κ1) is 26.4. The van der Waals surface area contributed by atoms with Crippen molar-refractivity contribution in [2.45, 2.75) is 0 Å². The molecule has 0 aliphatic heterocycles. The molecule has 2 aromatic carbocycles. The van der Waals surface area contributed by atoms with E-state index in [0.29, 0.717) is 24.9 Å². The Kier molecular flexibility index (Phi) is 15.7. The molecule has 130 valence electrons. The summed E-state index contributed by atoms with van der Waals surface area (Å²) in [6.45, 7) is 0. The van der Waals surface area contributed by atoms with Crippen molar-refractivity contribution >= 4 is 42.2 Å². The zero-order valence-electron chi connectivity index (χ0n) is 14.6. The number of aliphatic imine (C=N–C) groups is 1. The Morgan fingerprint density at radius 3 is 2.19 bits per heavy atom. The molecule has 0 atom stereocenters. The summed E-state index contributed by atoms with van der Waals surface area (Å²) >= 11 is -1.05. The van der Waals surface area contributed by atoms with Gasteiger partial charge in [-0.15, -0.1) is 0 Å². The van der Waals surface area contributed by atoms with Crippen LogP contribution >= 0.6 is 16.5 Å². The van der Waals surface area contributed by atoms with E-state index in [2.05, 4.69) is 47.8 Å². The van der Waals surface area contributed by atoms with Crippen molar-refractivity contribution in [2.75, 3.05) is 0 Å². The summed E-state index contributed by atoms with van der Waals surface area (Å²) < 4.78 is 1.29. The van der Waals surface area contributed by atoms with Gasteiger partial charge in [0, 0.05) is 17.1 Å². The second-order valence-electron chi connectivity index (χ2n) is 5.26. The maximum absolute atomic E-state index is 6.31. The van der Waals surface area contributed by atoms with Crippen LogP contribution in [0.4, 0.5) is 5.69 Å². The van der Waals surface area contributed by atoms with Crippen LogP contribution in [-0.2, 0) is 65.3 Å².